The molecule has 1 aromatic rings. The normalized spacial score (nSPS) is 18.9. The molecular formula is C14H17NO3S. The van der Waals surface area contributed by atoms with Crippen molar-refractivity contribution in [3.05, 3.63) is 35.4 Å². The van der Waals surface area contributed by atoms with Crippen molar-refractivity contribution in [2.24, 2.45) is 0 Å². The molecule has 2 rings (SSSR count). The summed E-state index contributed by atoms with van der Waals surface area (Å²) in [5.41, 5.74) is 1.81. The van der Waals surface area contributed by atoms with Gasteiger partial charge in [0.1, 0.15) is 0 Å². The molecule has 0 saturated carbocycles. The Hall–Kier alpha value is -1.33. The number of aliphatic hydroxyl groups is 1. The first-order chi connectivity index (χ1) is 9.10. The molecule has 1 amide bonds. The van der Waals surface area contributed by atoms with Crippen LogP contribution in [0.15, 0.2) is 24.3 Å². The van der Waals surface area contributed by atoms with Gasteiger partial charge in [0, 0.05) is 31.7 Å². The average Bonchev–Trinajstić information content (AvgIpc) is 2.69. The lowest BCUT2D eigenvalue weighted by Crippen LogP contribution is -2.25. The molecule has 1 heterocycles. The van der Waals surface area contributed by atoms with Crippen LogP contribution in [0.5, 0.6) is 0 Å². The lowest BCUT2D eigenvalue weighted by atomic mass is 10.1. The SMILES string of the molecule is CC(=O)SC1CC(=O)N(Cc2ccccc2CO)C1. The van der Waals surface area contributed by atoms with Crippen LogP contribution in [0.3, 0.4) is 0 Å². The largest absolute Gasteiger partial charge is 0.392 e. The van der Waals surface area contributed by atoms with E-state index in [9.17, 15) is 14.7 Å². The number of amides is 1. The van der Waals surface area contributed by atoms with Gasteiger partial charge in [-0.3, -0.25) is 9.59 Å². The van der Waals surface area contributed by atoms with E-state index in [1.165, 1.54) is 18.7 Å². The summed E-state index contributed by atoms with van der Waals surface area (Å²) < 4.78 is 0. The summed E-state index contributed by atoms with van der Waals surface area (Å²) in [7, 11) is 0. The summed E-state index contributed by atoms with van der Waals surface area (Å²) >= 11 is 1.24. The number of carbonyl (C=O) groups excluding carboxylic acids is 2. The monoisotopic (exact) mass is 279 g/mol. The van der Waals surface area contributed by atoms with Crippen LogP contribution in [-0.2, 0) is 22.7 Å². The Morgan fingerprint density at radius 2 is 2.11 bits per heavy atom. The van der Waals surface area contributed by atoms with E-state index in [1.54, 1.807) is 4.90 Å². The van der Waals surface area contributed by atoms with Crippen molar-refractivity contribution < 1.29 is 14.7 Å². The van der Waals surface area contributed by atoms with E-state index in [-0.39, 0.29) is 22.9 Å². The number of likely N-dealkylation sites (tertiary alicyclic amines) is 1. The second-order valence-electron chi connectivity index (χ2n) is 4.64. The molecule has 1 N–H and O–H groups in total. The van der Waals surface area contributed by atoms with Crippen molar-refractivity contribution in [2.75, 3.05) is 6.54 Å². The first kappa shape index (κ1) is 14.1. The summed E-state index contributed by atoms with van der Waals surface area (Å²) in [5, 5.41) is 9.39. The fraction of sp³-hybridized carbons (Fsp3) is 0.429. The van der Waals surface area contributed by atoms with Gasteiger partial charge in [0.15, 0.2) is 5.12 Å². The zero-order valence-electron chi connectivity index (χ0n) is 10.8. The molecule has 1 atom stereocenters. The molecule has 0 aromatic heterocycles. The van der Waals surface area contributed by atoms with Gasteiger partial charge in [0.2, 0.25) is 5.91 Å². The second-order valence-corrected chi connectivity index (χ2v) is 6.11. The van der Waals surface area contributed by atoms with E-state index in [2.05, 4.69) is 0 Å². The Kier molecular flexibility index (Phi) is 4.61. The summed E-state index contributed by atoms with van der Waals surface area (Å²) in [6.07, 6.45) is 0.422. The summed E-state index contributed by atoms with van der Waals surface area (Å²) in [5.74, 6) is 0.0755. The van der Waals surface area contributed by atoms with Crippen LogP contribution in [0.1, 0.15) is 24.5 Å². The average molecular weight is 279 g/mol. The third kappa shape index (κ3) is 3.58. The number of hydrogen-bond acceptors (Lipinski definition) is 4. The first-order valence-corrected chi connectivity index (χ1v) is 7.10. The Balaban J connectivity index is 2.03. The number of benzene rings is 1. The minimum atomic E-state index is -0.0240. The Morgan fingerprint density at radius 1 is 1.42 bits per heavy atom. The molecule has 0 bridgehead atoms. The molecule has 1 aliphatic rings. The van der Waals surface area contributed by atoms with Crippen LogP contribution < -0.4 is 0 Å². The van der Waals surface area contributed by atoms with Crippen LogP contribution in [0.2, 0.25) is 0 Å². The number of aliphatic hydroxyl groups excluding tert-OH is 1. The molecule has 1 unspecified atom stereocenters. The Labute approximate surface area is 116 Å². The number of carbonyl (C=O) groups is 2. The lowest BCUT2D eigenvalue weighted by Gasteiger charge is -2.18. The van der Waals surface area contributed by atoms with Gasteiger partial charge < -0.3 is 10.0 Å². The number of nitrogens with zero attached hydrogens (tertiary/aromatic N) is 1. The van der Waals surface area contributed by atoms with Gasteiger partial charge in [-0.1, -0.05) is 36.0 Å². The van der Waals surface area contributed by atoms with E-state index in [0.29, 0.717) is 19.5 Å². The standard InChI is InChI=1S/C14H17NO3S/c1-10(17)19-13-6-14(18)15(8-13)7-11-4-2-3-5-12(11)9-16/h2-5,13,16H,6-9H2,1H3. The van der Waals surface area contributed by atoms with Crippen molar-refractivity contribution in [3.63, 3.8) is 0 Å². The zero-order chi connectivity index (χ0) is 13.8. The summed E-state index contributed by atoms with van der Waals surface area (Å²) in [6.45, 7) is 2.61. The molecule has 4 nitrogen and oxygen atoms in total. The van der Waals surface area contributed by atoms with Gasteiger partial charge >= 0.3 is 0 Å². The van der Waals surface area contributed by atoms with Crippen LogP contribution in [0, 0.1) is 0 Å². The molecule has 102 valence electrons. The van der Waals surface area contributed by atoms with Crippen molar-refractivity contribution in [1.82, 2.24) is 4.90 Å². The third-order valence-electron chi connectivity index (χ3n) is 3.16. The van der Waals surface area contributed by atoms with E-state index >= 15 is 0 Å². The van der Waals surface area contributed by atoms with Gasteiger partial charge in [-0.05, 0) is 11.1 Å². The molecule has 1 aromatic carbocycles. The van der Waals surface area contributed by atoms with Crippen molar-refractivity contribution >= 4 is 22.8 Å². The molecule has 1 aliphatic heterocycles. The van der Waals surface area contributed by atoms with Crippen LogP contribution in [-0.4, -0.2) is 32.8 Å². The van der Waals surface area contributed by atoms with Crippen LogP contribution in [0.25, 0.3) is 0 Å². The predicted octanol–water partition coefficient (Wildman–Crippen LogP) is 1.56. The molecule has 1 saturated heterocycles. The maximum Gasteiger partial charge on any atom is 0.224 e. The summed E-state index contributed by atoms with van der Waals surface area (Å²) in [4.78, 5) is 24.7. The molecule has 19 heavy (non-hydrogen) atoms. The number of hydrogen-bond donors (Lipinski definition) is 1. The summed E-state index contributed by atoms with van der Waals surface area (Å²) in [6, 6.07) is 7.55. The molecule has 0 radical (unpaired) electrons. The van der Waals surface area contributed by atoms with E-state index in [0.717, 1.165) is 11.1 Å². The topological polar surface area (TPSA) is 57.6 Å². The molecule has 5 heteroatoms. The quantitative estimate of drug-likeness (QED) is 0.908. The van der Waals surface area contributed by atoms with Crippen molar-refractivity contribution in [2.45, 2.75) is 31.7 Å². The fourth-order valence-corrected chi connectivity index (χ4v) is 3.22. The van der Waals surface area contributed by atoms with Crippen molar-refractivity contribution in [1.29, 1.82) is 0 Å². The van der Waals surface area contributed by atoms with Gasteiger partial charge in [-0.25, -0.2) is 0 Å². The highest BCUT2D eigenvalue weighted by Gasteiger charge is 2.31. The number of rotatable bonds is 4. The molecule has 0 aliphatic carbocycles. The van der Waals surface area contributed by atoms with Crippen molar-refractivity contribution in [3.8, 4) is 0 Å². The maximum absolute atomic E-state index is 11.9. The third-order valence-corrected chi connectivity index (χ3v) is 4.14. The second kappa shape index (κ2) is 6.21. The maximum atomic E-state index is 11.9. The Morgan fingerprint density at radius 3 is 2.74 bits per heavy atom. The predicted molar refractivity (Wildman–Crippen MR) is 74.5 cm³/mol. The van der Waals surface area contributed by atoms with Gasteiger partial charge in [-0.2, -0.15) is 0 Å². The minimum Gasteiger partial charge on any atom is -0.392 e. The molecular weight excluding hydrogens is 262 g/mol. The number of thioether (sulfide) groups is 1. The smallest absolute Gasteiger partial charge is 0.224 e. The van der Waals surface area contributed by atoms with E-state index in [1.807, 2.05) is 24.3 Å². The fourth-order valence-electron chi connectivity index (χ4n) is 2.27. The molecule has 1 fully saturated rings. The van der Waals surface area contributed by atoms with Gasteiger partial charge in [-0.15, -0.1) is 0 Å². The van der Waals surface area contributed by atoms with Crippen LogP contribution >= 0.6 is 11.8 Å². The lowest BCUT2D eigenvalue weighted by molar-refractivity contribution is -0.128. The highest BCUT2D eigenvalue weighted by Crippen LogP contribution is 2.26. The highest BCUT2D eigenvalue weighted by atomic mass is 32.2. The zero-order valence-corrected chi connectivity index (χ0v) is 11.7. The molecule has 0 spiro atoms. The first-order valence-electron chi connectivity index (χ1n) is 6.22. The van der Waals surface area contributed by atoms with Crippen LogP contribution in [0.4, 0.5) is 0 Å². The highest BCUT2D eigenvalue weighted by molar-refractivity contribution is 8.14. The minimum absolute atomic E-state index is 0.0240. The van der Waals surface area contributed by atoms with E-state index < -0.39 is 0 Å². The van der Waals surface area contributed by atoms with E-state index in [4.69, 9.17) is 0 Å². The van der Waals surface area contributed by atoms with Gasteiger partial charge in [0.05, 0.1) is 6.61 Å². The van der Waals surface area contributed by atoms with Gasteiger partial charge in [0.25, 0.3) is 0 Å². The Bertz CT molecular complexity index is 489.